The topological polar surface area (TPSA) is 34.9 Å². The van der Waals surface area contributed by atoms with Crippen LogP contribution >= 0.6 is 23.1 Å². The molecular weight excluding hydrogens is 372 g/mol. The lowest BCUT2D eigenvalue weighted by Gasteiger charge is -2.15. The number of unbranched alkanes of at least 4 members (excludes halogenated alkanes) is 2. The zero-order chi connectivity index (χ0) is 18.8. The van der Waals surface area contributed by atoms with Crippen LogP contribution in [-0.4, -0.2) is 15.3 Å². The molecule has 1 aliphatic carbocycles. The molecule has 0 atom stereocenters. The van der Waals surface area contributed by atoms with Crippen molar-refractivity contribution in [3.63, 3.8) is 0 Å². The van der Waals surface area contributed by atoms with Crippen LogP contribution in [0.3, 0.4) is 0 Å². The van der Waals surface area contributed by atoms with E-state index < -0.39 is 0 Å². The zero-order valence-electron chi connectivity index (χ0n) is 16.1. The second kappa shape index (κ2) is 8.19. The molecule has 1 aliphatic rings. The minimum atomic E-state index is 0.117. The van der Waals surface area contributed by atoms with Gasteiger partial charge in [0.15, 0.2) is 5.16 Å². The lowest BCUT2D eigenvalue weighted by atomic mass is 9.97. The molecule has 0 amide bonds. The molecular formula is C22H26N2OS2. The van der Waals surface area contributed by atoms with Gasteiger partial charge in [-0.05, 0) is 56.2 Å². The van der Waals surface area contributed by atoms with E-state index in [-0.39, 0.29) is 5.56 Å². The van der Waals surface area contributed by atoms with E-state index in [9.17, 15) is 4.79 Å². The summed E-state index contributed by atoms with van der Waals surface area (Å²) in [6.45, 7) is 4.29. The molecule has 3 aromatic rings. The monoisotopic (exact) mass is 398 g/mol. The van der Waals surface area contributed by atoms with Gasteiger partial charge in [-0.25, -0.2) is 4.98 Å². The van der Waals surface area contributed by atoms with Gasteiger partial charge in [0.05, 0.1) is 11.1 Å². The van der Waals surface area contributed by atoms with E-state index in [1.807, 2.05) is 22.8 Å². The number of benzene rings is 1. The van der Waals surface area contributed by atoms with Gasteiger partial charge in [0.25, 0.3) is 5.56 Å². The van der Waals surface area contributed by atoms with Crippen molar-refractivity contribution in [1.82, 2.24) is 9.55 Å². The molecule has 1 aromatic carbocycles. The summed E-state index contributed by atoms with van der Waals surface area (Å²) >= 11 is 3.47. The Hall–Kier alpha value is -1.59. The standard InChI is InChI=1S/C22H26N2OS2/c1-3-4-9-14-26-22-23-20-19(16-11-6-8-13-18(16)27-20)21(25)24(22)17-12-7-5-10-15(17)2/h5,7,10,12H,3-4,6,8-9,11,13-14H2,1-2H3. The molecule has 0 unspecified atom stereocenters. The highest BCUT2D eigenvalue weighted by Crippen LogP contribution is 2.35. The summed E-state index contributed by atoms with van der Waals surface area (Å²) in [5, 5.41) is 1.72. The van der Waals surface area contributed by atoms with Crippen LogP contribution in [0.15, 0.2) is 34.2 Å². The molecule has 0 N–H and O–H groups in total. The van der Waals surface area contributed by atoms with Crippen molar-refractivity contribution in [3.05, 3.63) is 50.6 Å². The number of para-hydroxylation sites is 1. The highest BCUT2D eigenvalue weighted by Gasteiger charge is 2.23. The van der Waals surface area contributed by atoms with Crippen LogP contribution in [0, 0.1) is 6.92 Å². The number of fused-ring (bicyclic) bond motifs is 3. The van der Waals surface area contributed by atoms with Crippen molar-refractivity contribution in [2.24, 2.45) is 0 Å². The SMILES string of the molecule is CCCCCSc1nc2sc3c(c2c(=O)n1-c1ccccc1C)CCCC3. The molecule has 0 fully saturated rings. The Morgan fingerprint density at radius 3 is 2.81 bits per heavy atom. The van der Waals surface area contributed by atoms with Gasteiger partial charge in [0.1, 0.15) is 4.83 Å². The van der Waals surface area contributed by atoms with Gasteiger partial charge in [0, 0.05) is 10.6 Å². The average molecular weight is 399 g/mol. The third-order valence-electron chi connectivity index (χ3n) is 5.29. The first kappa shape index (κ1) is 18.8. The predicted octanol–water partition coefficient (Wildman–Crippen LogP) is 5.92. The Bertz CT molecular complexity index is 1020. The van der Waals surface area contributed by atoms with Crippen LogP contribution in [0.2, 0.25) is 0 Å². The van der Waals surface area contributed by atoms with Crippen LogP contribution < -0.4 is 5.56 Å². The van der Waals surface area contributed by atoms with Gasteiger partial charge in [-0.3, -0.25) is 9.36 Å². The Morgan fingerprint density at radius 1 is 1.19 bits per heavy atom. The number of thiophene rings is 1. The maximum atomic E-state index is 13.6. The van der Waals surface area contributed by atoms with Gasteiger partial charge < -0.3 is 0 Å². The zero-order valence-corrected chi connectivity index (χ0v) is 17.7. The first-order valence-electron chi connectivity index (χ1n) is 9.96. The number of aromatic nitrogens is 2. The molecule has 5 heteroatoms. The van der Waals surface area contributed by atoms with E-state index in [4.69, 9.17) is 4.98 Å². The summed E-state index contributed by atoms with van der Waals surface area (Å²) in [5.41, 5.74) is 3.46. The van der Waals surface area contributed by atoms with Crippen LogP contribution in [0.5, 0.6) is 0 Å². The van der Waals surface area contributed by atoms with Crippen LogP contribution in [0.1, 0.15) is 55.0 Å². The molecule has 4 rings (SSSR count). The number of rotatable bonds is 6. The fourth-order valence-corrected chi connectivity index (χ4v) is 6.13. The normalized spacial score (nSPS) is 13.9. The molecule has 0 bridgehead atoms. The molecule has 0 spiro atoms. The molecule has 0 aliphatic heterocycles. The molecule has 0 saturated heterocycles. The Balaban J connectivity index is 1.90. The number of aryl methyl sites for hydroxylation is 3. The quantitative estimate of drug-likeness (QED) is 0.294. The molecule has 142 valence electrons. The number of thioether (sulfide) groups is 1. The number of hydrogen-bond donors (Lipinski definition) is 0. The smallest absolute Gasteiger partial charge is 0.267 e. The van der Waals surface area contributed by atoms with Crippen molar-refractivity contribution < 1.29 is 0 Å². The molecule has 2 aromatic heterocycles. The lowest BCUT2D eigenvalue weighted by molar-refractivity contribution is 0.699. The summed E-state index contributed by atoms with van der Waals surface area (Å²) < 4.78 is 1.87. The largest absolute Gasteiger partial charge is 0.268 e. The van der Waals surface area contributed by atoms with Crippen LogP contribution in [0.25, 0.3) is 15.9 Å². The first-order valence-corrected chi connectivity index (χ1v) is 11.8. The summed E-state index contributed by atoms with van der Waals surface area (Å²) in [5.74, 6) is 1.00. The summed E-state index contributed by atoms with van der Waals surface area (Å²) in [6, 6.07) is 8.14. The third-order valence-corrected chi connectivity index (χ3v) is 7.50. The Morgan fingerprint density at radius 2 is 2.00 bits per heavy atom. The Kier molecular flexibility index (Phi) is 5.69. The fraction of sp³-hybridized carbons (Fsp3) is 0.455. The van der Waals surface area contributed by atoms with Crippen molar-refractivity contribution in [2.45, 2.75) is 63.9 Å². The first-order chi connectivity index (χ1) is 13.2. The van der Waals surface area contributed by atoms with E-state index in [1.54, 1.807) is 23.1 Å². The minimum absolute atomic E-state index is 0.117. The number of hydrogen-bond acceptors (Lipinski definition) is 4. The Labute approximate surface area is 168 Å². The van der Waals surface area contributed by atoms with E-state index in [2.05, 4.69) is 19.9 Å². The second-order valence-electron chi connectivity index (χ2n) is 7.27. The maximum Gasteiger partial charge on any atom is 0.267 e. The molecule has 0 radical (unpaired) electrons. The molecule has 3 nitrogen and oxygen atoms in total. The van der Waals surface area contributed by atoms with Gasteiger partial charge in [0.2, 0.25) is 0 Å². The highest BCUT2D eigenvalue weighted by molar-refractivity contribution is 7.99. The summed E-state index contributed by atoms with van der Waals surface area (Å²) in [7, 11) is 0. The summed E-state index contributed by atoms with van der Waals surface area (Å²) in [6.07, 6.45) is 8.10. The van der Waals surface area contributed by atoms with E-state index in [0.29, 0.717) is 0 Å². The highest BCUT2D eigenvalue weighted by atomic mass is 32.2. The van der Waals surface area contributed by atoms with E-state index >= 15 is 0 Å². The fourth-order valence-electron chi connectivity index (χ4n) is 3.83. The van der Waals surface area contributed by atoms with Gasteiger partial charge >= 0.3 is 0 Å². The minimum Gasteiger partial charge on any atom is -0.268 e. The van der Waals surface area contributed by atoms with Crippen molar-refractivity contribution >= 4 is 33.3 Å². The molecule has 27 heavy (non-hydrogen) atoms. The van der Waals surface area contributed by atoms with Gasteiger partial charge in [-0.15, -0.1) is 11.3 Å². The van der Waals surface area contributed by atoms with Crippen molar-refractivity contribution in [3.8, 4) is 5.69 Å². The van der Waals surface area contributed by atoms with E-state index in [1.165, 1.54) is 36.1 Å². The van der Waals surface area contributed by atoms with Crippen LogP contribution in [0.4, 0.5) is 0 Å². The molecule has 0 saturated carbocycles. The average Bonchev–Trinajstić information content (AvgIpc) is 3.05. The summed E-state index contributed by atoms with van der Waals surface area (Å²) in [4.78, 5) is 21.0. The van der Waals surface area contributed by atoms with Gasteiger partial charge in [-0.2, -0.15) is 0 Å². The predicted molar refractivity (Wildman–Crippen MR) is 117 cm³/mol. The lowest BCUT2D eigenvalue weighted by Crippen LogP contribution is -2.23. The van der Waals surface area contributed by atoms with Gasteiger partial charge in [-0.1, -0.05) is 49.7 Å². The third kappa shape index (κ3) is 3.59. The van der Waals surface area contributed by atoms with Crippen molar-refractivity contribution in [1.29, 1.82) is 0 Å². The maximum absolute atomic E-state index is 13.6. The molecule has 2 heterocycles. The second-order valence-corrected chi connectivity index (χ2v) is 9.41. The van der Waals surface area contributed by atoms with Crippen molar-refractivity contribution in [2.75, 3.05) is 5.75 Å². The number of nitrogens with zero attached hydrogens (tertiary/aromatic N) is 2. The van der Waals surface area contributed by atoms with Crippen LogP contribution in [-0.2, 0) is 12.8 Å². The van der Waals surface area contributed by atoms with E-state index in [0.717, 1.165) is 51.6 Å².